The predicted octanol–water partition coefficient (Wildman–Crippen LogP) is 3.81. The van der Waals surface area contributed by atoms with E-state index in [0.29, 0.717) is 0 Å². The van der Waals surface area contributed by atoms with Crippen LogP contribution in [0.1, 0.15) is 15.9 Å². The monoisotopic (exact) mass is 611 g/mol. The van der Waals surface area contributed by atoms with Gasteiger partial charge in [-0.05, 0) is 42.0 Å². The van der Waals surface area contributed by atoms with Gasteiger partial charge in [0.15, 0.2) is 21.4 Å². The topological polar surface area (TPSA) is 149 Å². The fourth-order valence-electron chi connectivity index (χ4n) is 3.46. The number of sulfone groups is 1. The standard InChI is InChI=1S/C24H20ClF2N5O6S2/c1-39(34,35)21-4-14(3-17(26)7-21)13-38-22-8-18(27)11-28-23(22)32-12-15(10-29-32)24(33)30-19-5-16(25)6-20(9-19)31-40(2,36)37/h3-12,31H,13H2,1-2H3,(H,30,33). The number of aromatic nitrogens is 3. The lowest BCUT2D eigenvalue weighted by Gasteiger charge is -2.12. The third-order valence-electron chi connectivity index (χ3n) is 5.07. The van der Waals surface area contributed by atoms with Crippen molar-refractivity contribution in [1.29, 1.82) is 0 Å². The second-order valence-corrected chi connectivity index (χ2v) is 12.8. The van der Waals surface area contributed by atoms with Crippen molar-refractivity contribution in [2.24, 2.45) is 0 Å². The van der Waals surface area contributed by atoms with Gasteiger partial charge in [-0.2, -0.15) is 5.10 Å². The molecule has 0 unspecified atom stereocenters. The van der Waals surface area contributed by atoms with Crippen LogP contribution in [-0.2, 0) is 26.5 Å². The summed E-state index contributed by atoms with van der Waals surface area (Å²) in [5, 5.41) is 6.81. The quantitative estimate of drug-likeness (QED) is 0.290. The van der Waals surface area contributed by atoms with Crippen LogP contribution < -0.4 is 14.8 Å². The van der Waals surface area contributed by atoms with E-state index in [9.17, 15) is 30.4 Å². The summed E-state index contributed by atoms with van der Waals surface area (Å²) in [6.45, 7) is -0.328. The fourth-order valence-corrected chi connectivity index (χ4v) is 4.94. The summed E-state index contributed by atoms with van der Waals surface area (Å²) in [6, 6.07) is 8.32. The molecule has 4 rings (SSSR count). The minimum absolute atomic E-state index is 0.0115. The van der Waals surface area contributed by atoms with Crippen molar-refractivity contribution < 1.29 is 35.1 Å². The van der Waals surface area contributed by atoms with Crippen molar-refractivity contribution in [2.45, 2.75) is 11.5 Å². The average Bonchev–Trinajstić information content (AvgIpc) is 3.31. The molecule has 2 aromatic carbocycles. The van der Waals surface area contributed by atoms with Gasteiger partial charge in [0.2, 0.25) is 10.0 Å². The third kappa shape index (κ3) is 7.52. The van der Waals surface area contributed by atoms with E-state index < -0.39 is 37.4 Å². The zero-order chi connectivity index (χ0) is 29.2. The van der Waals surface area contributed by atoms with Gasteiger partial charge in [-0.25, -0.2) is 35.3 Å². The maximum atomic E-state index is 14.0. The van der Waals surface area contributed by atoms with Gasteiger partial charge in [-0.3, -0.25) is 9.52 Å². The maximum Gasteiger partial charge on any atom is 0.258 e. The molecule has 0 atom stereocenters. The van der Waals surface area contributed by atoms with Crippen molar-refractivity contribution in [1.82, 2.24) is 14.8 Å². The fraction of sp³-hybridized carbons (Fsp3) is 0.125. The Balaban J connectivity index is 1.55. The molecule has 0 bridgehead atoms. The number of ether oxygens (including phenoxy) is 1. The molecular formula is C24H20ClF2N5O6S2. The molecule has 0 saturated heterocycles. The summed E-state index contributed by atoms with van der Waals surface area (Å²) in [6.07, 6.45) is 5.29. The average molecular weight is 612 g/mol. The Bertz CT molecular complexity index is 1830. The first-order valence-corrected chi connectivity index (χ1v) is 15.2. The Labute approximate surface area is 232 Å². The SMILES string of the molecule is CS(=O)(=O)Nc1cc(Cl)cc(NC(=O)c2cnn(-c3ncc(F)cc3OCc3cc(F)cc(S(C)(=O)=O)c3)c2)c1. The zero-order valence-corrected chi connectivity index (χ0v) is 23.1. The molecule has 0 radical (unpaired) electrons. The van der Waals surface area contributed by atoms with Crippen LogP contribution in [-0.4, -0.2) is 50.0 Å². The summed E-state index contributed by atoms with van der Waals surface area (Å²) in [4.78, 5) is 16.5. The highest BCUT2D eigenvalue weighted by Crippen LogP contribution is 2.26. The highest BCUT2D eigenvalue weighted by Gasteiger charge is 2.17. The summed E-state index contributed by atoms with van der Waals surface area (Å²) in [5.41, 5.74) is 0.559. The van der Waals surface area contributed by atoms with Gasteiger partial charge in [0.05, 0.1) is 34.8 Å². The number of pyridine rings is 1. The van der Waals surface area contributed by atoms with E-state index in [1.165, 1.54) is 36.7 Å². The first-order chi connectivity index (χ1) is 18.7. The molecule has 0 aliphatic heterocycles. The van der Waals surface area contributed by atoms with Crippen molar-refractivity contribution in [3.05, 3.63) is 88.8 Å². The number of nitrogens with zero attached hydrogens (tertiary/aromatic N) is 3. The van der Waals surface area contributed by atoms with E-state index in [2.05, 4.69) is 20.1 Å². The molecule has 1 amide bonds. The van der Waals surface area contributed by atoms with Crippen LogP contribution in [0.25, 0.3) is 5.82 Å². The number of carbonyl (C=O) groups is 1. The number of hydrogen-bond donors (Lipinski definition) is 2. The van der Waals surface area contributed by atoms with Crippen LogP contribution in [0.3, 0.4) is 0 Å². The van der Waals surface area contributed by atoms with Gasteiger partial charge in [-0.15, -0.1) is 0 Å². The molecule has 0 saturated carbocycles. The lowest BCUT2D eigenvalue weighted by molar-refractivity contribution is 0.102. The maximum absolute atomic E-state index is 14.0. The number of halogens is 3. The highest BCUT2D eigenvalue weighted by molar-refractivity contribution is 7.92. The number of hydrogen-bond acceptors (Lipinski definition) is 8. The molecule has 2 heterocycles. The number of nitrogens with one attached hydrogen (secondary N) is 2. The van der Waals surface area contributed by atoms with Crippen LogP contribution in [0.15, 0.2) is 66.0 Å². The Kier molecular flexibility index (Phi) is 8.09. The zero-order valence-electron chi connectivity index (χ0n) is 20.7. The molecule has 210 valence electrons. The number of anilines is 2. The minimum Gasteiger partial charge on any atom is -0.485 e. The normalized spacial score (nSPS) is 11.7. The van der Waals surface area contributed by atoms with Crippen molar-refractivity contribution in [3.8, 4) is 11.6 Å². The molecule has 16 heteroatoms. The molecule has 40 heavy (non-hydrogen) atoms. The number of amides is 1. The van der Waals surface area contributed by atoms with E-state index in [1.54, 1.807) is 0 Å². The number of carbonyl (C=O) groups excluding carboxylic acids is 1. The molecule has 0 aliphatic rings. The number of sulfonamides is 1. The molecule has 0 aliphatic carbocycles. The van der Waals surface area contributed by atoms with E-state index in [0.717, 1.165) is 41.6 Å². The molecule has 0 fully saturated rings. The van der Waals surface area contributed by atoms with Crippen LogP contribution in [0.5, 0.6) is 5.75 Å². The van der Waals surface area contributed by atoms with Crippen molar-refractivity contribution in [2.75, 3.05) is 22.6 Å². The lowest BCUT2D eigenvalue weighted by atomic mass is 10.2. The molecule has 2 aromatic heterocycles. The molecule has 11 nitrogen and oxygen atoms in total. The molecule has 0 spiro atoms. The van der Waals surface area contributed by atoms with Gasteiger partial charge < -0.3 is 10.1 Å². The minimum atomic E-state index is -3.69. The number of rotatable bonds is 9. The van der Waals surface area contributed by atoms with E-state index in [1.807, 2.05) is 0 Å². The predicted molar refractivity (Wildman–Crippen MR) is 143 cm³/mol. The van der Waals surface area contributed by atoms with Gasteiger partial charge in [0.25, 0.3) is 5.91 Å². The van der Waals surface area contributed by atoms with E-state index >= 15 is 0 Å². The summed E-state index contributed by atoms with van der Waals surface area (Å²) < 4.78 is 83.6. The Morgan fingerprint density at radius 1 is 0.975 bits per heavy atom. The van der Waals surface area contributed by atoms with Gasteiger partial charge in [0, 0.05) is 29.2 Å². The largest absolute Gasteiger partial charge is 0.485 e. The second kappa shape index (κ2) is 11.2. The van der Waals surface area contributed by atoms with Crippen LogP contribution >= 0.6 is 11.6 Å². The van der Waals surface area contributed by atoms with Crippen molar-refractivity contribution >= 4 is 48.7 Å². The molecule has 2 N–H and O–H groups in total. The highest BCUT2D eigenvalue weighted by atomic mass is 35.5. The van der Waals surface area contributed by atoms with E-state index in [4.69, 9.17) is 16.3 Å². The first-order valence-electron chi connectivity index (χ1n) is 11.1. The first kappa shape index (κ1) is 28.9. The smallest absolute Gasteiger partial charge is 0.258 e. The van der Waals surface area contributed by atoms with Crippen LogP contribution in [0, 0.1) is 11.6 Å². The molecular weight excluding hydrogens is 592 g/mol. The van der Waals surface area contributed by atoms with Crippen LogP contribution in [0.2, 0.25) is 5.02 Å². The Morgan fingerprint density at radius 2 is 1.70 bits per heavy atom. The summed E-state index contributed by atoms with van der Waals surface area (Å²) in [5.74, 6) is -2.30. The van der Waals surface area contributed by atoms with Gasteiger partial charge in [0.1, 0.15) is 18.2 Å². The lowest BCUT2D eigenvalue weighted by Crippen LogP contribution is -2.13. The Hall–Kier alpha value is -4.08. The third-order valence-corrected chi connectivity index (χ3v) is 6.99. The summed E-state index contributed by atoms with van der Waals surface area (Å²) in [7, 11) is -7.27. The summed E-state index contributed by atoms with van der Waals surface area (Å²) >= 11 is 6.03. The van der Waals surface area contributed by atoms with Crippen LogP contribution in [0.4, 0.5) is 20.2 Å². The number of benzene rings is 2. The second-order valence-electron chi connectivity index (χ2n) is 8.56. The van der Waals surface area contributed by atoms with Crippen molar-refractivity contribution in [3.63, 3.8) is 0 Å². The van der Waals surface area contributed by atoms with E-state index in [-0.39, 0.29) is 50.6 Å². The van der Waals surface area contributed by atoms with Gasteiger partial charge >= 0.3 is 0 Å². The molecule has 4 aromatic rings. The van der Waals surface area contributed by atoms with Gasteiger partial charge in [-0.1, -0.05) is 11.6 Å². The Morgan fingerprint density at radius 3 is 2.40 bits per heavy atom.